The molecule has 0 unspecified atom stereocenters. The van der Waals surface area contributed by atoms with Crippen molar-refractivity contribution in [3.63, 3.8) is 0 Å². The standard InChI is InChI=1S/C18H20N2O3/c1-20(2)12-13-5-4-6-16(11-13)19-17(21)14-7-9-15(10-8-14)18(22)23-3/h4-11H,12H2,1-3H3,(H,19,21). The SMILES string of the molecule is COC(=O)c1ccc(C(=O)Nc2cccc(CN(C)C)c2)cc1. The van der Waals surface area contributed by atoms with Gasteiger partial charge in [-0.15, -0.1) is 0 Å². The molecule has 0 aliphatic rings. The zero-order chi connectivity index (χ0) is 16.8. The first-order chi connectivity index (χ1) is 11.0. The van der Waals surface area contributed by atoms with Crippen LogP contribution in [0.25, 0.3) is 0 Å². The monoisotopic (exact) mass is 312 g/mol. The molecule has 0 radical (unpaired) electrons. The maximum absolute atomic E-state index is 12.3. The molecule has 23 heavy (non-hydrogen) atoms. The molecule has 0 fully saturated rings. The van der Waals surface area contributed by atoms with E-state index in [1.165, 1.54) is 7.11 Å². The Labute approximate surface area is 135 Å². The number of benzene rings is 2. The van der Waals surface area contributed by atoms with Crippen molar-refractivity contribution in [2.24, 2.45) is 0 Å². The number of ether oxygens (including phenoxy) is 1. The van der Waals surface area contributed by atoms with Crippen molar-refractivity contribution in [2.45, 2.75) is 6.54 Å². The molecule has 1 N–H and O–H groups in total. The number of hydrogen-bond donors (Lipinski definition) is 1. The van der Waals surface area contributed by atoms with Crippen LogP contribution in [-0.4, -0.2) is 38.0 Å². The number of carbonyl (C=O) groups excluding carboxylic acids is 2. The molecule has 0 heterocycles. The zero-order valence-electron chi connectivity index (χ0n) is 13.5. The summed E-state index contributed by atoms with van der Waals surface area (Å²) in [5, 5.41) is 2.86. The van der Waals surface area contributed by atoms with Crippen LogP contribution in [0.5, 0.6) is 0 Å². The highest BCUT2D eigenvalue weighted by atomic mass is 16.5. The molecule has 0 aliphatic carbocycles. The number of carbonyl (C=O) groups is 2. The number of methoxy groups -OCH3 is 1. The van der Waals surface area contributed by atoms with E-state index in [0.29, 0.717) is 11.1 Å². The molecule has 5 heteroatoms. The molecule has 0 atom stereocenters. The first-order valence-corrected chi connectivity index (χ1v) is 7.23. The number of rotatable bonds is 5. The van der Waals surface area contributed by atoms with Crippen LogP contribution in [0.1, 0.15) is 26.3 Å². The van der Waals surface area contributed by atoms with Crippen LogP contribution in [0.2, 0.25) is 0 Å². The zero-order valence-corrected chi connectivity index (χ0v) is 13.5. The van der Waals surface area contributed by atoms with E-state index in [0.717, 1.165) is 17.8 Å². The summed E-state index contributed by atoms with van der Waals surface area (Å²) >= 11 is 0. The molecule has 0 aliphatic heterocycles. The predicted molar refractivity (Wildman–Crippen MR) is 89.6 cm³/mol. The van der Waals surface area contributed by atoms with E-state index in [9.17, 15) is 9.59 Å². The first-order valence-electron chi connectivity index (χ1n) is 7.23. The van der Waals surface area contributed by atoms with Gasteiger partial charge in [-0.1, -0.05) is 12.1 Å². The van der Waals surface area contributed by atoms with Gasteiger partial charge in [0.1, 0.15) is 0 Å². The molecule has 120 valence electrons. The Balaban J connectivity index is 2.08. The Kier molecular flexibility index (Phi) is 5.49. The maximum Gasteiger partial charge on any atom is 0.337 e. The Morgan fingerprint density at radius 1 is 1.04 bits per heavy atom. The summed E-state index contributed by atoms with van der Waals surface area (Å²) in [5.41, 5.74) is 2.76. The predicted octanol–water partition coefficient (Wildman–Crippen LogP) is 2.79. The molecule has 5 nitrogen and oxygen atoms in total. The average Bonchev–Trinajstić information content (AvgIpc) is 2.54. The normalized spacial score (nSPS) is 10.4. The number of nitrogens with one attached hydrogen (secondary N) is 1. The summed E-state index contributed by atoms with van der Waals surface area (Å²) < 4.78 is 4.63. The van der Waals surface area contributed by atoms with E-state index in [4.69, 9.17) is 0 Å². The second-order valence-corrected chi connectivity index (χ2v) is 5.46. The highest BCUT2D eigenvalue weighted by Gasteiger charge is 2.09. The van der Waals surface area contributed by atoms with Crippen LogP contribution in [0.15, 0.2) is 48.5 Å². The lowest BCUT2D eigenvalue weighted by molar-refractivity contribution is 0.0600. The van der Waals surface area contributed by atoms with Crippen molar-refractivity contribution < 1.29 is 14.3 Å². The van der Waals surface area contributed by atoms with Crippen molar-refractivity contribution >= 4 is 17.6 Å². The number of hydrogen-bond acceptors (Lipinski definition) is 4. The Morgan fingerprint density at radius 3 is 2.30 bits per heavy atom. The van der Waals surface area contributed by atoms with E-state index in [1.54, 1.807) is 24.3 Å². The highest BCUT2D eigenvalue weighted by molar-refractivity contribution is 6.04. The second kappa shape index (κ2) is 7.56. The molecule has 0 saturated carbocycles. The molecule has 0 saturated heterocycles. The topological polar surface area (TPSA) is 58.6 Å². The average molecular weight is 312 g/mol. The van der Waals surface area contributed by atoms with Crippen LogP contribution < -0.4 is 5.32 Å². The van der Waals surface area contributed by atoms with E-state index in [1.807, 2.05) is 38.4 Å². The summed E-state index contributed by atoms with van der Waals surface area (Å²) in [6.07, 6.45) is 0. The molecule has 2 aromatic carbocycles. The number of nitrogens with zero attached hydrogens (tertiary/aromatic N) is 1. The maximum atomic E-state index is 12.3. The van der Waals surface area contributed by atoms with Crippen LogP contribution >= 0.6 is 0 Å². The van der Waals surface area contributed by atoms with Crippen molar-refractivity contribution in [3.05, 3.63) is 65.2 Å². The van der Waals surface area contributed by atoms with Gasteiger partial charge < -0.3 is 15.0 Å². The quantitative estimate of drug-likeness (QED) is 0.863. The smallest absolute Gasteiger partial charge is 0.337 e. The van der Waals surface area contributed by atoms with Crippen molar-refractivity contribution in [1.29, 1.82) is 0 Å². The third-order valence-electron chi connectivity index (χ3n) is 3.25. The van der Waals surface area contributed by atoms with Crippen LogP contribution in [0, 0.1) is 0 Å². The summed E-state index contributed by atoms with van der Waals surface area (Å²) in [6.45, 7) is 0.803. The van der Waals surface area contributed by atoms with Gasteiger partial charge in [0.25, 0.3) is 5.91 Å². The van der Waals surface area contributed by atoms with Gasteiger partial charge in [0.2, 0.25) is 0 Å². The van der Waals surface area contributed by atoms with Crippen LogP contribution in [-0.2, 0) is 11.3 Å². The van der Waals surface area contributed by atoms with Crippen molar-refractivity contribution in [2.75, 3.05) is 26.5 Å². The van der Waals surface area contributed by atoms with E-state index in [2.05, 4.69) is 15.0 Å². The number of amides is 1. The molecule has 0 spiro atoms. The minimum atomic E-state index is -0.423. The molecule has 1 amide bonds. The molecular weight excluding hydrogens is 292 g/mol. The third-order valence-corrected chi connectivity index (χ3v) is 3.25. The Morgan fingerprint density at radius 2 is 1.70 bits per heavy atom. The Hall–Kier alpha value is -2.66. The largest absolute Gasteiger partial charge is 0.465 e. The summed E-state index contributed by atoms with van der Waals surface area (Å²) in [6, 6.07) is 14.1. The Bertz CT molecular complexity index is 694. The fourth-order valence-electron chi connectivity index (χ4n) is 2.19. The van der Waals surface area contributed by atoms with E-state index >= 15 is 0 Å². The number of anilines is 1. The van der Waals surface area contributed by atoms with E-state index in [-0.39, 0.29) is 5.91 Å². The van der Waals surface area contributed by atoms with Crippen molar-refractivity contribution in [1.82, 2.24) is 4.90 Å². The van der Waals surface area contributed by atoms with Gasteiger partial charge >= 0.3 is 5.97 Å². The van der Waals surface area contributed by atoms with Gasteiger partial charge in [0.05, 0.1) is 12.7 Å². The van der Waals surface area contributed by atoms with Crippen LogP contribution in [0.3, 0.4) is 0 Å². The molecule has 2 rings (SSSR count). The molecule has 0 bridgehead atoms. The van der Waals surface area contributed by atoms with Crippen LogP contribution in [0.4, 0.5) is 5.69 Å². The first kappa shape index (κ1) is 16.7. The molecule has 0 aromatic heterocycles. The van der Waals surface area contributed by atoms with E-state index < -0.39 is 5.97 Å². The van der Waals surface area contributed by atoms with Gasteiger partial charge in [-0.05, 0) is 56.1 Å². The summed E-state index contributed by atoms with van der Waals surface area (Å²) in [7, 11) is 5.31. The van der Waals surface area contributed by atoms with Gasteiger partial charge in [0, 0.05) is 17.8 Å². The van der Waals surface area contributed by atoms with Gasteiger partial charge in [-0.25, -0.2) is 4.79 Å². The van der Waals surface area contributed by atoms with Gasteiger partial charge in [-0.2, -0.15) is 0 Å². The fourth-order valence-corrected chi connectivity index (χ4v) is 2.19. The summed E-state index contributed by atoms with van der Waals surface area (Å²) in [4.78, 5) is 25.7. The second-order valence-electron chi connectivity index (χ2n) is 5.46. The highest BCUT2D eigenvalue weighted by Crippen LogP contribution is 2.14. The fraction of sp³-hybridized carbons (Fsp3) is 0.222. The lowest BCUT2D eigenvalue weighted by atomic mass is 10.1. The minimum absolute atomic E-state index is 0.219. The third kappa shape index (κ3) is 4.66. The lowest BCUT2D eigenvalue weighted by Gasteiger charge is -2.11. The van der Waals surface area contributed by atoms with Gasteiger partial charge in [-0.3, -0.25) is 4.79 Å². The molecule has 2 aromatic rings. The van der Waals surface area contributed by atoms with Crippen molar-refractivity contribution in [3.8, 4) is 0 Å². The molecular formula is C18H20N2O3. The van der Waals surface area contributed by atoms with Gasteiger partial charge in [0.15, 0.2) is 0 Å². The lowest BCUT2D eigenvalue weighted by Crippen LogP contribution is -2.14. The number of esters is 1. The minimum Gasteiger partial charge on any atom is -0.465 e. The summed E-state index contributed by atoms with van der Waals surface area (Å²) in [5.74, 6) is -0.642.